The zero-order valence-electron chi connectivity index (χ0n) is 12.9. The molecule has 0 aromatic heterocycles. The number of amides is 2. The molecular formula is C17H20N2O4. The van der Waals surface area contributed by atoms with Crippen molar-refractivity contribution in [1.82, 2.24) is 9.80 Å². The lowest BCUT2D eigenvalue weighted by atomic mass is 10.1. The first-order chi connectivity index (χ1) is 11.0. The van der Waals surface area contributed by atoms with Crippen LogP contribution in [0.3, 0.4) is 0 Å². The summed E-state index contributed by atoms with van der Waals surface area (Å²) < 4.78 is 0. The van der Waals surface area contributed by atoms with Crippen LogP contribution in [0, 0.1) is 11.8 Å². The van der Waals surface area contributed by atoms with E-state index in [0.717, 1.165) is 5.56 Å². The van der Waals surface area contributed by atoms with Gasteiger partial charge in [-0.05, 0) is 12.0 Å². The number of carboxylic acid groups (broad SMARTS) is 1. The zero-order valence-corrected chi connectivity index (χ0v) is 12.9. The largest absolute Gasteiger partial charge is 0.481 e. The molecule has 23 heavy (non-hydrogen) atoms. The number of hydrogen-bond donors (Lipinski definition) is 1. The van der Waals surface area contributed by atoms with Gasteiger partial charge in [0.15, 0.2) is 0 Å². The van der Waals surface area contributed by atoms with Gasteiger partial charge in [0, 0.05) is 32.6 Å². The molecule has 2 amide bonds. The summed E-state index contributed by atoms with van der Waals surface area (Å²) in [5.74, 6) is -1.78. The number of carboxylic acids is 1. The second-order valence-electron chi connectivity index (χ2n) is 6.27. The maximum absolute atomic E-state index is 12.5. The second kappa shape index (κ2) is 6.40. The Morgan fingerprint density at radius 1 is 1.13 bits per heavy atom. The van der Waals surface area contributed by atoms with Crippen molar-refractivity contribution in [3.05, 3.63) is 35.9 Å². The summed E-state index contributed by atoms with van der Waals surface area (Å²) in [5.41, 5.74) is 1.04. The Hall–Kier alpha value is -2.37. The normalized spacial score (nSPS) is 24.3. The highest BCUT2D eigenvalue weighted by atomic mass is 16.4. The topological polar surface area (TPSA) is 77.9 Å². The Bertz CT molecular complexity index is 616. The van der Waals surface area contributed by atoms with Crippen molar-refractivity contribution in [2.24, 2.45) is 11.8 Å². The number of benzene rings is 1. The summed E-state index contributed by atoms with van der Waals surface area (Å²) in [7, 11) is 0. The van der Waals surface area contributed by atoms with Gasteiger partial charge in [0.05, 0.1) is 11.8 Å². The van der Waals surface area contributed by atoms with Gasteiger partial charge in [-0.1, -0.05) is 30.3 Å². The Kier molecular flexibility index (Phi) is 4.32. The third-order valence-electron chi connectivity index (χ3n) is 4.63. The standard InChI is InChI=1S/C17H20N2O4/c20-15-8-14(11-19(15)9-12-4-2-1-3-5-12)16(21)18-7-6-13(10-18)17(22)23/h1-5,13-14H,6-11H2,(H,22,23). The van der Waals surface area contributed by atoms with E-state index in [1.807, 2.05) is 30.3 Å². The summed E-state index contributed by atoms with van der Waals surface area (Å²) >= 11 is 0. The van der Waals surface area contributed by atoms with E-state index in [1.165, 1.54) is 0 Å². The van der Waals surface area contributed by atoms with Crippen molar-refractivity contribution in [3.8, 4) is 0 Å². The molecule has 0 saturated carbocycles. The fourth-order valence-corrected chi connectivity index (χ4v) is 3.31. The minimum absolute atomic E-state index is 0.0128. The van der Waals surface area contributed by atoms with Crippen LogP contribution >= 0.6 is 0 Å². The van der Waals surface area contributed by atoms with Crippen molar-refractivity contribution in [2.45, 2.75) is 19.4 Å². The number of likely N-dealkylation sites (tertiary alicyclic amines) is 2. The first-order valence-corrected chi connectivity index (χ1v) is 7.88. The van der Waals surface area contributed by atoms with Crippen molar-refractivity contribution < 1.29 is 19.5 Å². The molecule has 2 atom stereocenters. The minimum atomic E-state index is -0.853. The molecular weight excluding hydrogens is 296 g/mol. The van der Waals surface area contributed by atoms with E-state index in [-0.39, 0.29) is 30.7 Å². The first-order valence-electron chi connectivity index (χ1n) is 7.88. The summed E-state index contributed by atoms with van der Waals surface area (Å²) in [5, 5.41) is 9.03. The zero-order chi connectivity index (χ0) is 16.4. The van der Waals surface area contributed by atoms with E-state index in [2.05, 4.69) is 0 Å². The molecule has 0 bridgehead atoms. The van der Waals surface area contributed by atoms with Gasteiger partial charge in [-0.25, -0.2) is 0 Å². The Balaban J connectivity index is 1.59. The molecule has 2 heterocycles. The van der Waals surface area contributed by atoms with Gasteiger partial charge in [-0.15, -0.1) is 0 Å². The number of nitrogens with zero attached hydrogens (tertiary/aromatic N) is 2. The van der Waals surface area contributed by atoms with E-state index in [9.17, 15) is 14.4 Å². The highest BCUT2D eigenvalue weighted by Gasteiger charge is 2.39. The van der Waals surface area contributed by atoms with Gasteiger partial charge in [0.2, 0.25) is 11.8 Å². The summed E-state index contributed by atoms with van der Waals surface area (Å²) in [6, 6.07) is 9.69. The van der Waals surface area contributed by atoms with Gasteiger partial charge in [0.25, 0.3) is 0 Å². The SMILES string of the molecule is O=C(O)C1CCN(C(=O)C2CC(=O)N(Cc3ccccc3)C2)C1. The van der Waals surface area contributed by atoms with Gasteiger partial charge in [0.1, 0.15) is 0 Å². The van der Waals surface area contributed by atoms with Crippen LogP contribution in [0.5, 0.6) is 0 Å². The van der Waals surface area contributed by atoms with E-state index in [4.69, 9.17) is 5.11 Å². The number of carbonyl (C=O) groups excluding carboxylic acids is 2. The second-order valence-corrected chi connectivity index (χ2v) is 6.27. The molecule has 2 fully saturated rings. The molecule has 6 heteroatoms. The average molecular weight is 316 g/mol. The lowest BCUT2D eigenvalue weighted by molar-refractivity contribution is -0.141. The van der Waals surface area contributed by atoms with Crippen LogP contribution in [0.15, 0.2) is 30.3 Å². The molecule has 0 radical (unpaired) electrons. The monoisotopic (exact) mass is 316 g/mol. The Morgan fingerprint density at radius 3 is 2.52 bits per heavy atom. The number of rotatable bonds is 4. The van der Waals surface area contributed by atoms with Crippen LogP contribution in [-0.4, -0.2) is 52.3 Å². The predicted molar refractivity (Wildman–Crippen MR) is 82.3 cm³/mol. The molecule has 0 aliphatic carbocycles. The van der Waals surface area contributed by atoms with Crippen molar-refractivity contribution in [1.29, 1.82) is 0 Å². The number of hydrogen-bond acceptors (Lipinski definition) is 3. The van der Waals surface area contributed by atoms with E-state index in [0.29, 0.717) is 26.1 Å². The van der Waals surface area contributed by atoms with Crippen molar-refractivity contribution in [3.63, 3.8) is 0 Å². The van der Waals surface area contributed by atoms with Crippen molar-refractivity contribution in [2.75, 3.05) is 19.6 Å². The Labute approximate surface area is 134 Å². The minimum Gasteiger partial charge on any atom is -0.481 e. The van der Waals surface area contributed by atoms with Crippen LogP contribution in [0.25, 0.3) is 0 Å². The molecule has 2 aliphatic rings. The molecule has 3 rings (SSSR count). The van der Waals surface area contributed by atoms with E-state index in [1.54, 1.807) is 9.80 Å². The molecule has 0 spiro atoms. The molecule has 1 N–H and O–H groups in total. The maximum atomic E-state index is 12.5. The highest BCUT2D eigenvalue weighted by molar-refractivity contribution is 5.89. The highest BCUT2D eigenvalue weighted by Crippen LogP contribution is 2.25. The smallest absolute Gasteiger partial charge is 0.308 e. The average Bonchev–Trinajstić information content (AvgIpc) is 3.16. The predicted octanol–water partition coefficient (Wildman–Crippen LogP) is 0.968. The fourth-order valence-electron chi connectivity index (χ4n) is 3.31. The molecule has 122 valence electrons. The van der Waals surface area contributed by atoms with Crippen molar-refractivity contribution >= 4 is 17.8 Å². The first kappa shape index (κ1) is 15.5. The summed E-state index contributed by atoms with van der Waals surface area (Å²) in [4.78, 5) is 39.0. The van der Waals surface area contributed by atoms with Gasteiger partial charge in [-0.3, -0.25) is 14.4 Å². The third kappa shape index (κ3) is 3.36. The van der Waals surface area contributed by atoms with E-state index < -0.39 is 11.9 Å². The molecule has 2 aliphatic heterocycles. The molecule has 1 aromatic rings. The Morgan fingerprint density at radius 2 is 1.87 bits per heavy atom. The molecule has 2 saturated heterocycles. The number of aliphatic carboxylic acids is 1. The third-order valence-corrected chi connectivity index (χ3v) is 4.63. The van der Waals surface area contributed by atoms with Crippen LogP contribution in [0.4, 0.5) is 0 Å². The van der Waals surface area contributed by atoms with E-state index >= 15 is 0 Å². The van der Waals surface area contributed by atoms with Crippen LogP contribution < -0.4 is 0 Å². The van der Waals surface area contributed by atoms with Crippen LogP contribution in [-0.2, 0) is 20.9 Å². The maximum Gasteiger partial charge on any atom is 0.308 e. The van der Waals surface area contributed by atoms with Crippen LogP contribution in [0.2, 0.25) is 0 Å². The van der Waals surface area contributed by atoms with Crippen LogP contribution in [0.1, 0.15) is 18.4 Å². The number of carbonyl (C=O) groups is 3. The fraction of sp³-hybridized carbons (Fsp3) is 0.471. The van der Waals surface area contributed by atoms with Gasteiger partial charge in [-0.2, -0.15) is 0 Å². The molecule has 6 nitrogen and oxygen atoms in total. The lowest BCUT2D eigenvalue weighted by Gasteiger charge is -2.21. The summed E-state index contributed by atoms with van der Waals surface area (Å²) in [6.45, 7) is 1.67. The molecule has 1 aromatic carbocycles. The van der Waals surface area contributed by atoms with Gasteiger partial charge < -0.3 is 14.9 Å². The molecule has 2 unspecified atom stereocenters. The quantitative estimate of drug-likeness (QED) is 0.898. The lowest BCUT2D eigenvalue weighted by Crippen LogP contribution is -2.36. The van der Waals surface area contributed by atoms with Gasteiger partial charge >= 0.3 is 5.97 Å². The summed E-state index contributed by atoms with van der Waals surface area (Å²) in [6.07, 6.45) is 0.718.